The van der Waals surface area contributed by atoms with Crippen LogP contribution >= 0.6 is 15.9 Å². The molecule has 1 N–H and O–H groups in total. The highest BCUT2D eigenvalue weighted by Crippen LogP contribution is 2.06. The fourth-order valence-corrected chi connectivity index (χ4v) is 1.84. The predicted molar refractivity (Wildman–Crippen MR) is 88.1 cm³/mol. The maximum absolute atomic E-state index is 11.5. The summed E-state index contributed by atoms with van der Waals surface area (Å²) in [6.07, 6.45) is 1.80. The normalized spacial score (nSPS) is 9.50. The number of pyridine rings is 1. The lowest BCUT2D eigenvalue weighted by Crippen LogP contribution is -2.24. The molecule has 1 amide bonds. The van der Waals surface area contributed by atoms with E-state index in [1.54, 1.807) is 6.20 Å². The minimum absolute atomic E-state index is 0.265. The van der Waals surface area contributed by atoms with E-state index in [1.165, 1.54) is 0 Å². The number of carbonyl (C=O) groups is 1. The molecule has 0 saturated heterocycles. The van der Waals surface area contributed by atoms with Crippen molar-refractivity contribution in [1.29, 1.82) is 0 Å². The third-order valence-corrected chi connectivity index (χ3v) is 3.15. The van der Waals surface area contributed by atoms with Crippen molar-refractivity contribution in [1.82, 2.24) is 10.3 Å². The minimum atomic E-state index is -0.438. The van der Waals surface area contributed by atoms with Crippen LogP contribution in [0.2, 0.25) is 0 Å². The SMILES string of the molecule is O=C(NCCC#Cc1ccc(Br)cn1)OCc1ccccc1. The second-order valence-corrected chi connectivity index (χ2v) is 5.32. The summed E-state index contributed by atoms with van der Waals surface area (Å²) in [6.45, 7) is 0.707. The van der Waals surface area contributed by atoms with Crippen molar-refractivity contribution in [3.05, 3.63) is 64.4 Å². The van der Waals surface area contributed by atoms with Gasteiger partial charge in [0.2, 0.25) is 0 Å². The quantitative estimate of drug-likeness (QED) is 0.671. The molecule has 0 aliphatic carbocycles. The molecule has 1 heterocycles. The predicted octanol–water partition coefficient (Wildman–Crippen LogP) is 3.51. The van der Waals surface area contributed by atoms with Crippen molar-refractivity contribution in [2.45, 2.75) is 13.0 Å². The van der Waals surface area contributed by atoms with E-state index in [-0.39, 0.29) is 6.61 Å². The van der Waals surface area contributed by atoms with Gasteiger partial charge in [0.15, 0.2) is 0 Å². The van der Waals surface area contributed by atoms with Gasteiger partial charge in [0.1, 0.15) is 12.3 Å². The molecule has 0 spiro atoms. The summed E-state index contributed by atoms with van der Waals surface area (Å²) in [6, 6.07) is 13.3. The van der Waals surface area contributed by atoms with Gasteiger partial charge in [-0.1, -0.05) is 36.3 Å². The molecule has 0 aliphatic rings. The van der Waals surface area contributed by atoms with Crippen molar-refractivity contribution in [2.75, 3.05) is 6.54 Å². The maximum atomic E-state index is 11.5. The van der Waals surface area contributed by atoms with Crippen LogP contribution in [0.4, 0.5) is 4.79 Å². The molecular formula is C17H15BrN2O2. The Morgan fingerprint density at radius 1 is 1.23 bits per heavy atom. The molecule has 4 nitrogen and oxygen atoms in total. The van der Waals surface area contributed by atoms with Crippen LogP contribution in [0.25, 0.3) is 0 Å². The number of amides is 1. The Kier molecular flexibility index (Phi) is 6.46. The highest BCUT2D eigenvalue weighted by molar-refractivity contribution is 9.10. The topological polar surface area (TPSA) is 51.2 Å². The van der Waals surface area contributed by atoms with Crippen molar-refractivity contribution in [3.8, 4) is 11.8 Å². The van der Waals surface area contributed by atoms with Crippen LogP contribution in [0.5, 0.6) is 0 Å². The number of hydrogen-bond donors (Lipinski definition) is 1. The standard InChI is InChI=1S/C17H15BrN2O2/c18-15-9-10-16(20-12-15)8-4-5-11-19-17(21)22-13-14-6-2-1-3-7-14/h1-3,6-7,9-10,12H,5,11,13H2,(H,19,21). The summed E-state index contributed by atoms with van der Waals surface area (Å²) in [5.74, 6) is 5.88. The van der Waals surface area contributed by atoms with Gasteiger partial charge in [-0.05, 0) is 39.5 Å². The molecule has 2 aromatic rings. The molecule has 22 heavy (non-hydrogen) atoms. The van der Waals surface area contributed by atoms with E-state index in [9.17, 15) is 4.79 Å². The van der Waals surface area contributed by atoms with Crippen molar-refractivity contribution in [3.63, 3.8) is 0 Å². The van der Waals surface area contributed by atoms with E-state index < -0.39 is 6.09 Å². The van der Waals surface area contributed by atoms with E-state index in [0.29, 0.717) is 18.7 Å². The van der Waals surface area contributed by atoms with Crippen molar-refractivity contribution >= 4 is 22.0 Å². The molecular weight excluding hydrogens is 344 g/mol. The smallest absolute Gasteiger partial charge is 0.407 e. The molecule has 5 heteroatoms. The highest BCUT2D eigenvalue weighted by Gasteiger charge is 2.00. The third kappa shape index (κ3) is 5.98. The van der Waals surface area contributed by atoms with Crippen LogP contribution in [-0.2, 0) is 11.3 Å². The van der Waals surface area contributed by atoms with Crippen LogP contribution in [0.3, 0.4) is 0 Å². The van der Waals surface area contributed by atoms with Crippen molar-refractivity contribution in [2.24, 2.45) is 0 Å². The lowest BCUT2D eigenvalue weighted by Gasteiger charge is -2.05. The zero-order chi connectivity index (χ0) is 15.6. The summed E-state index contributed by atoms with van der Waals surface area (Å²) in [4.78, 5) is 15.6. The molecule has 2 rings (SSSR count). The van der Waals surface area contributed by atoms with Gasteiger partial charge in [-0.2, -0.15) is 0 Å². The Morgan fingerprint density at radius 2 is 2.05 bits per heavy atom. The third-order valence-electron chi connectivity index (χ3n) is 2.68. The van der Waals surface area contributed by atoms with Crippen LogP contribution in [-0.4, -0.2) is 17.6 Å². The maximum Gasteiger partial charge on any atom is 0.407 e. The zero-order valence-electron chi connectivity index (χ0n) is 11.9. The van der Waals surface area contributed by atoms with Gasteiger partial charge in [-0.25, -0.2) is 9.78 Å². The number of nitrogens with one attached hydrogen (secondary N) is 1. The summed E-state index contributed by atoms with van der Waals surface area (Å²) >= 11 is 3.31. The Labute approximate surface area is 138 Å². The fraction of sp³-hybridized carbons (Fsp3) is 0.176. The van der Waals surface area contributed by atoms with Gasteiger partial charge in [0, 0.05) is 23.6 Å². The van der Waals surface area contributed by atoms with E-state index in [0.717, 1.165) is 10.0 Å². The molecule has 0 radical (unpaired) electrons. The first-order chi connectivity index (χ1) is 10.7. The van der Waals surface area contributed by atoms with Crippen LogP contribution < -0.4 is 5.32 Å². The molecule has 0 unspecified atom stereocenters. The van der Waals surface area contributed by atoms with Crippen LogP contribution in [0, 0.1) is 11.8 Å². The molecule has 0 aliphatic heterocycles. The van der Waals surface area contributed by atoms with Crippen molar-refractivity contribution < 1.29 is 9.53 Å². The lowest BCUT2D eigenvalue weighted by atomic mass is 10.2. The molecule has 0 bridgehead atoms. The Hall–Kier alpha value is -2.32. The fourth-order valence-electron chi connectivity index (χ4n) is 1.60. The number of alkyl carbamates (subject to hydrolysis) is 1. The van der Waals surface area contributed by atoms with E-state index in [4.69, 9.17) is 4.74 Å². The number of ether oxygens (including phenoxy) is 1. The number of benzene rings is 1. The van der Waals surface area contributed by atoms with E-state index in [2.05, 4.69) is 38.1 Å². The van der Waals surface area contributed by atoms with Gasteiger partial charge in [-0.15, -0.1) is 0 Å². The van der Waals surface area contributed by atoms with Crippen LogP contribution in [0.1, 0.15) is 17.7 Å². The number of carbonyl (C=O) groups excluding carboxylic acids is 1. The van der Waals surface area contributed by atoms with Gasteiger partial charge >= 0.3 is 6.09 Å². The molecule has 0 atom stereocenters. The number of rotatable bonds is 4. The minimum Gasteiger partial charge on any atom is -0.445 e. The summed E-state index contributed by atoms with van der Waals surface area (Å²) < 4.78 is 6.01. The second-order valence-electron chi connectivity index (χ2n) is 4.40. The summed E-state index contributed by atoms with van der Waals surface area (Å²) in [7, 11) is 0. The highest BCUT2D eigenvalue weighted by atomic mass is 79.9. The number of aromatic nitrogens is 1. The average molecular weight is 359 g/mol. The van der Waals surface area contributed by atoms with Gasteiger partial charge in [-0.3, -0.25) is 0 Å². The van der Waals surface area contributed by atoms with Gasteiger partial charge < -0.3 is 10.1 Å². The number of halogens is 1. The largest absolute Gasteiger partial charge is 0.445 e. The second kappa shape index (κ2) is 8.85. The molecule has 1 aromatic heterocycles. The lowest BCUT2D eigenvalue weighted by molar-refractivity contribution is 0.140. The van der Waals surface area contributed by atoms with Gasteiger partial charge in [0.05, 0.1) is 0 Å². The number of hydrogen-bond acceptors (Lipinski definition) is 3. The number of nitrogens with zero attached hydrogens (tertiary/aromatic N) is 1. The van der Waals surface area contributed by atoms with E-state index in [1.807, 2.05) is 42.5 Å². The van der Waals surface area contributed by atoms with Gasteiger partial charge in [0.25, 0.3) is 0 Å². The monoisotopic (exact) mass is 358 g/mol. The Balaban J connectivity index is 1.64. The summed E-state index contributed by atoms with van der Waals surface area (Å²) in [5.41, 5.74) is 1.66. The molecule has 0 fully saturated rings. The zero-order valence-corrected chi connectivity index (χ0v) is 13.5. The first-order valence-electron chi connectivity index (χ1n) is 6.79. The first-order valence-corrected chi connectivity index (χ1v) is 7.58. The average Bonchev–Trinajstić information content (AvgIpc) is 2.55. The van der Waals surface area contributed by atoms with E-state index >= 15 is 0 Å². The summed E-state index contributed by atoms with van der Waals surface area (Å²) in [5, 5.41) is 2.66. The molecule has 0 saturated carbocycles. The molecule has 1 aromatic carbocycles. The first kappa shape index (κ1) is 16.1. The molecule has 112 valence electrons. The van der Waals surface area contributed by atoms with Crippen LogP contribution in [0.15, 0.2) is 53.1 Å². The Bertz CT molecular complexity index is 661. The Morgan fingerprint density at radius 3 is 2.77 bits per heavy atom.